The molecule has 0 unspecified atom stereocenters. The van der Waals surface area contributed by atoms with Gasteiger partial charge in [-0.25, -0.2) is 0 Å². The van der Waals surface area contributed by atoms with Crippen LogP contribution in [0.25, 0.3) is 0 Å². The van der Waals surface area contributed by atoms with Crippen molar-refractivity contribution in [2.45, 2.75) is 77.1 Å². The first kappa shape index (κ1) is 21.7. The number of ketones is 2. The Morgan fingerprint density at radius 3 is 2.60 bits per heavy atom. The number of rotatable bonds is 3. The van der Waals surface area contributed by atoms with E-state index in [1.54, 1.807) is 6.08 Å². The Morgan fingerprint density at radius 2 is 1.93 bits per heavy atom. The summed E-state index contributed by atoms with van der Waals surface area (Å²) in [6.07, 6.45) is 2.54. The van der Waals surface area contributed by atoms with Gasteiger partial charge in [0, 0.05) is 18.8 Å². The number of hydrogen-bond acceptors (Lipinski definition) is 7. The number of Topliss-reactive ketones (excluding diaryl/α,β-unsaturated/α-hetero) is 1. The van der Waals surface area contributed by atoms with Crippen LogP contribution in [-0.2, 0) is 19.1 Å². The SMILES string of the molecule is CC(=O)OCC(=O)[C@@]1(O)CC[C@H]2[C@@H]3C[C@@H](O)C4=CC(=O)CC[C@]4(C)[C@H]3[C@H](O)C[C@@]21C. The van der Waals surface area contributed by atoms with Crippen LogP contribution in [0.3, 0.4) is 0 Å². The molecule has 166 valence electrons. The Balaban J connectivity index is 1.69. The van der Waals surface area contributed by atoms with Crippen LogP contribution in [0.15, 0.2) is 11.6 Å². The minimum atomic E-state index is -1.68. The molecule has 0 aromatic rings. The van der Waals surface area contributed by atoms with Crippen molar-refractivity contribution in [1.29, 1.82) is 0 Å². The zero-order valence-corrected chi connectivity index (χ0v) is 17.9. The Bertz CT molecular complexity index is 818. The van der Waals surface area contributed by atoms with Crippen molar-refractivity contribution in [3.05, 3.63) is 11.6 Å². The molecule has 8 atom stereocenters. The zero-order chi connectivity index (χ0) is 22.1. The van der Waals surface area contributed by atoms with Crippen LogP contribution in [-0.4, -0.2) is 57.3 Å². The van der Waals surface area contributed by atoms with Crippen molar-refractivity contribution < 1.29 is 34.4 Å². The van der Waals surface area contributed by atoms with Gasteiger partial charge in [0.1, 0.15) is 5.60 Å². The van der Waals surface area contributed by atoms with E-state index in [0.717, 1.165) is 5.57 Å². The van der Waals surface area contributed by atoms with E-state index in [1.165, 1.54) is 6.92 Å². The summed E-state index contributed by atoms with van der Waals surface area (Å²) in [7, 11) is 0. The number of aliphatic hydroxyl groups is 3. The number of fused-ring (bicyclic) bond motifs is 5. The molecule has 0 aromatic heterocycles. The summed E-state index contributed by atoms with van der Waals surface area (Å²) in [5.41, 5.74) is -2.29. The van der Waals surface area contributed by atoms with Crippen molar-refractivity contribution in [3.63, 3.8) is 0 Å². The van der Waals surface area contributed by atoms with Gasteiger partial charge in [0.15, 0.2) is 12.4 Å². The van der Waals surface area contributed by atoms with Gasteiger partial charge >= 0.3 is 5.97 Å². The standard InChI is InChI=1S/C23H32O7/c1-12(24)30-11-19(28)23(29)7-5-15-14-9-17(26)16-8-13(25)4-6-21(16,2)20(14)18(27)10-22(15,23)3/h8,14-15,17-18,20,26-27,29H,4-7,9-11H2,1-3H3/t14-,15-,17+,18+,20+,21-,22-,23-/m0/s1. The molecular weight excluding hydrogens is 388 g/mol. The minimum absolute atomic E-state index is 0.0152. The van der Waals surface area contributed by atoms with Crippen LogP contribution in [0.1, 0.15) is 59.3 Å². The molecule has 0 bridgehead atoms. The van der Waals surface area contributed by atoms with Crippen molar-refractivity contribution in [2.75, 3.05) is 6.61 Å². The summed E-state index contributed by atoms with van der Waals surface area (Å²) in [4.78, 5) is 36.0. The molecule has 0 amide bonds. The van der Waals surface area contributed by atoms with Crippen molar-refractivity contribution in [3.8, 4) is 0 Å². The van der Waals surface area contributed by atoms with Crippen molar-refractivity contribution in [1.82, 2.24) is 0 Å². The molecular formula is C23H32O7. The number of carbonyl (C=O) groups excluding carboxylic acids is 3. The lowest BCUT2D eigenvalue weighted by Gasteiger charge is -2.61. The van der Waals surface area contributed by atoms with Crippen LogP contribution in [0.5, 0.6) is 0 Å². The summed E-state index contributed by atoms with van der Waals surface area (Å²) in [6.45, 7) is 4.62. The summed E-state index contributed by atoms with van der Waals surface area (Å²) in [6, 6.07) is 0. The van der Waals surface area contributed by atoms with Gasteiger partial charge in [-0.2, -0.15) is 0 Å². The maximum absolute atomic E-state index is 12.9. The molecule has 3 saturated carbocycles. The van der Waals surface area contributed by atoms with Crippen LogP contribution in [0, 0.1) is 28.6 Å². The second-order valence-corrected chi connectivity index (χ2v) is 10.3. The Hall–Kier alpha value is -1.57. The Labute approximate surface area is 176 Å². The number of aliphatic hydroxyl groups excluding tert-OH is 2. The Kier molecular flexibility index (Phi) is 5.03. The average Bonchev–Trinajstić information content (AvgIpc) is 2.93. The quantitative estimate of drug-likeness (QED) is 0.589. The first-order valence-corrected chi connectivity index (χ1v) is 10.9. The smallest absolute Gasteiger partial charge is 0.303 e. The number of esters is 1. The number of ether oxygens (including phenoxy) is 1. The highest BCUT2D eigenvalue weighted by Crippen LogP contribution is 2.67. The summed E-state index contributed by atoms with van der Waals surface area (Å²) >= 11 is 0. The maximum Gasteiger partial charge on any atom is 0.303 e. The molecule has 0 radical (unpaired) electrons. The van der Waals surface area contributed by atoms with E-state index in [1.807, 2.05) is 13.8 Å². The zero-order valence-electron chi connectivity index (χ0n) is 17.9. The normalized spacial score (nSPS) is 47.6. The predicted octanol–water partition coefficient (Wildman–Crippen LogP) is 1.32. The number of hydrogen-bond donors (Lipinski definition) is 3. The summed E-state index contributed by atoms with van der Waals surface area (Å²) in [5.74, 6) is -1.35. The predicted molar refractivity (Wildman–Crippen MR) is 106 cm³/mol. The van der Waals surface area contributed by atoms with Gasteiger partial charge in [0.2, 0.25) is 5.78 Å². The fourth-order valence-corrected chi connectivity index (χ4v) is 7.49. The van der Waals surface area contributed by atoms with Gasteiger partial charge < -0.3 is 20.1 Å². The highest BCUT2D eigenvalue weighted by Gasteiger charge is 2.69. The Morgan fingerprint density at radius 1 is 1.23 bits per heavy atom. The lowest BCUT2D eigenvalue weighted by atomic mass is 9.45. The first-order chi connectivity index (χ1) is 13.9. The largest absolute Gasteiger partial charge is 0.458 e. The summed E-state index contributed by atoms with van der Waals surface area (Å²) < 4.78 is 4.86. The van der Waals surface area contributed by atoms with E-state index in [9.17, 15) is 29.7 Å². The molecule has 3 N–H and O–H groups in total. The average molecular weight is 421 g/mol. The molecule has 0 heterocycles. The minimum Gasteiger partial charge on any atom is -0.458 e. The van der Waals surface area contributed by atoms with Gasteiger partial charge in [-0.3, -0.25) is 14.4 Å². The van der Waals surface area contributed by atoms with Gasteiger partial charge in [-0.15, -0.1) is 0 Å². The van der Waals surface area contributed by atoms with E-state index in [4.69, 9.17) is 4.74 Å². The van der Waals surface area contributed by atoms with Crippen molar-refractivity contribution >= 4 is 17.5 Å². The van der Waals surface area contributed by atoms with E-state index in [-0.39, 0.29) is 36.4 Å². The van der Waals surface area contributed by atoms with E-state index in [2.05, 4.69) is 0 Å². The van der Waals surface area contributed by atoms with Crippen LogP contribution >= 0.6 is 0 Å². The van der Waals surface area contributed by atoms with Gasteiger partial charge in [0.05, 0.1) is 12.2 Å². The molecule has 3 fully saturated rings. The highest BCUT2D eigenvalue weighted by atomic mass is 16.5. The van der Waals surface area contributed by atoms with Crippen LogP contribution in [0.2, 0.25) is 0 Å². The third kappa shape index (κ3) is 2.85. The van der Waals surface area contributed by atoms with Gasteiger partial charge in [-0.1, -0.05) is 13.8 Å². The molecule has 0 aliphatic heterocycles. The monoisotopic (exact) mass is 420 g/mol. The maximum atomic E-state index is 12.9. The summed E-state index contributed by atoms with van der Waals surface area (Å²) in [5, 5.41) is 33.7. The van der Waals surface area contributed by atoms with Crippen LogP contribution < -0.4 is 0 Å². The molecule has 30 heavy (non-hydrogen) atoms. The molecule has 7 heteroatoms. The molecule has 0 aromatic carbocycles. The molecule has 4 aliphatic carbocycles. The fourth-order valence-electron chi connectivity index (χ4n) is 7.49. The van der Waals surface area contributed by atoms with E-state index < -0.39 is 47.0 Å². The lowest BCUT2D eigenvalue weighted by molar-refractivity contribution is -0.188. The molecule has 0 saturated heterocycles. The lowest BCUT2D eigenvalue weighted by Crippen LogP contribution is -2.63. The topological polar surface area (TPSA) is 121 Å². The van der Waals surface area contributed by atoms with Gasteiger partial charge in [0.25, 0.3) is 0 Å². The van der Waals surface area contributed by atoms with Crippen molar-refractivity contribution in [2.24, 2.45) is 28.6 Å². The number of carbonyl (C=O) groups is 3. The first-order valence-electron chi connectivity index (χ1n) is 10.9. The third-order valence-electron chi connectivity index (χ3n) is 8.93. The molecule has 4 rings (SSSR count). The third-order valence-corrected chi connectivity index (χ3v) is 8.93. The second kappa shape index (κ2) is 6.97. The van der Waals surface area contributed by atoms with E-state index >= 15 is 0 Å². The molecule has 7 nitrogen and oxygen atoms in total. The molecule has 4 aliphatic rings. The second-order valence-electron chi connectivity index (χ2n) is 10.3. The fraction of sp³-hybridized carbons (Fsp3) is 0.783. The highest BCUT2D eigenvalue weighted by molar-refractivity contribution is 5.92. The molecule has 0 spiro atoms. The van der Waals surface area contributed by atoms with Crippen LogP contribution in [0.4, 0.5) is 0 Å². The van der Waals surface area contributed by atoms with E-state index in [0.29, 0.717) is 25.7 Å². The van der Waals surface area contributed by atoms with Gasteiger partial charge in [-0.05, 0) is 66.9 Å².